The molecular weight excluding hydrogens is 409 g/mol. The van der Waals surface area contributed by atoms with Crippen LogP contribution in [0.3, 0.4) is 0 Å². The third-order valence-electron chi connectivity index (χ3n) is 5.17. The molecule has 6 nitrogen and oxygen atoms in total. The minimum atomic E-state index is -0.0548. The van der Waals surface area contributed by atoms with Crippen LogP contribution in [-0.4, -0.2) is 40.3 Å². The zero-order valence-electron chi connectivity index (χ0n) is 16.4. The molecule has 0 saturated carbocycles. The first-order valence-corrected chi connectivity index (χ1v) is 9.67. The maximum Gasteiger partial charge on any atom is 0.252 e. The van der Waals surface area contributed by atoms with Gasteiger partial charge in [0.1, 0.15) is 0 Å². The van der Waals surface area contributed by atoms with Crippen molar-refractivity contribution in [3.8, 4) is 11.3 Å². The summed E-state index contributed by atoms with van der Waals surface area (Å²) in [6.07, 6.45) is 4.07. The van der Waals surface area contributed by atoms with Gasteiger partial charge in [-0.2, -0.15) is 5.10 Å². The van der Waals surface area contributed by atoms with Gasteiger partial charge in [-0.3, -0.25) is 4.79 Å². The van der Waals surface area contributed by atoms with Crippen LogP contribution >= 0.6 is 24.8 Å². The third kappa shape index (κ3) is 5.07. The Morgan fingerprint density at radius 3 is 2.76 bits per heavy atom. The Kier molecular flexibility index (Phi) is 8.44. The zero-order chi connectivity index (χ0) is 18.6. The van der Waals surface area contributed by atoms with Gasteiger partial charge in [0, 0.05) is 18.7 Å². The highest BCUT2D eigenvalue weighted by Gasteiger charge is 2.19. The van der Waals surface area contributed by atoms with Crippen LogP contribution in [0.25, 0.3) is 22.3 Å². The summed E-state index contributed by atoms with van der Waals surface area (Å²) in [5.74, 6) is 0.438. The number of carbonyl (C=O) groups is 1. The number of benzene rings is 1. The van der Waals surface area contributed by atoms with Crippen LogP contribution in [-0.2, 0) is 6.54 Å². The lowest BCUT2D eigenvalue weighted by Gasteiger charge is -2.23. The van der Waals surface area contributed by atoms with E-state index in [9.17, 15) is 4.79 Å². The number of hydrogen-bond acceptors (Lipinski definition) is 4. The highest BCUT2D eigenvalue weighted by atomic mass is 35.5. The van der Waals surface area contributed by atoms with Crippen molar-refractivity contribution in [2.75, 3.05) is 19.6 Å². The Labute approximate surface area is 183 Å². The lowest BCUT2D eigenvalue weighted by Crippen LogP contribution is -2.38. The molecule has 1 aliphatic rings. The van der Waals surface area contributed by atoms with E-state index < -0.39 is 0 Å². The lowest BCUT2D eigenvalue weighted by atomic mass is 9.99. The number of rotatable bonds is 5. The average molecular weight is 436 g/mol. The van der Waals surface area contributed by atoms with Gasteiger partial charge in [-0.25, -0.2) is 9.67 Å². The molecule has 29 heavy (non-hydrogen) atoms. The molecule has 1 aliphatic heterocycles. The molecule has 1 unspecified atom stereocenters. The largest absolute Gasteiger partial charge is 0.352 e. The summed E-state index contributed by atoms with van der Waals surface area (Å²) in [6, 6.07) is 11.8. The van der Waals surface area contributed by atoms with E-state index in [0.29, 0.717) is 24.6 Å². The predicted molar refractivity (Wildman–Crippen MR) is 121 cm³/mol. The molecule has 2 aromatic heterocycles. The lowest BCUT2D eigenvalue weighted by molar-refractivity contribution is 0.0946. The molecule has 1 amide bonds. The van der Waals surface area contributed by atoms with Crippen molar-refractivity contribution in [1.29, 1.82) is 0 Å². The normalized spacial score (nSPS) is 16.0. The van der Waals surface area contributed by atoms with Crippen molar-refractivity contribution in [3.05, 3.63) is 48.2 Å². The van der Waals surface area contributed by atoms with Gasteiger partial charge in [-0.05, 0) is 44.8 Å². The summed E-state index contributed by atoms with van der Waals surface area (Å²) >= 11 is 0. The Balaban J connectivity index is 0.00000150. The minimum Gasteiger partial charge on any atom is -0.352 e. The molecule has 1 atom stereocenters. The summed E-state index contributed by atoms with van der Waals surface area (Å²) in [5.41, 5.74) is 3.18. The van der Waals surface area contributed by atoms with Crippen molar-refractivity contribution < 1.29 is 4.79 Å². The van der Waals surface area contributed by atoms with E-state index in [1.54, 1.807) is 6.20 Å². The maximum atomic E-state index is 13.0. The van der Waals surface area contributed by atoms with Crippen molar-refractivity contribution in [3.63, 3.8) is 0 Å². The molecule has 3 heterocycles. The topological polar surface area (TPSA) is 71.8 Å². The Morgan fingerprint density at radius 1 is 1.28 bits per heavy atom. The van der Waals surface area contributed by atoms with Crippen molar-refractivity contribution in [2.45, 2.75) is 26.3 Å². The van der Waals surface area contributed by atoms with Crippen LogP contribution < -0.4 is 10.6 Å². The van der Waals surface area contributed by atoms with Gasteiger partial charge in [0.2, 0.25) is 0 Å². The van der Waals surface area contributed by atoms with Gasteiger partial charge >= 0.3 is 0 Å². The summed E-state index contributed by atoms with van der Waals surface area (Å²) < 4.78 is 1.84. The molecule has 4 rings (SSSR count). The van der Waals surface area contributed by atoms with Crippen molar-refractivity contribution in [1.82, 2.24) is 25.4 Å². The minimum absolute atomic E-state index is 0. The van der Waals surface area contributed by atoms with E-state index in [1.165, 1.54) is 6.42 Å². The number of amides is 1. The second kappa shape index (κ2) is 10.6. The smallest absolute Gasteiger partial charge is 0.252 e. The van der Waals surface area contributed by atoms with E-state index >= 15 is 0 Å². The van der Waals surface area contributed by atoms with Crippen LogP contribution in [0.2, 0.25) is 0 Å². The number of nitrogens with zero attached hydrogens (tertiary/aromatic N) is 3. The molecule has 8 heteroatoms. The second-order valence-corrected chi connectivity index (χ2v) is 7.04. The summed E-state index contributed by atoms with van der Waals surface area (Å²) in [6.45, 7) is 5.47. The number of aryl methyl sites for hydroxylation is 1. The molecular formula is C21H27Cl2N5O. The number of carbonyl (C=O) groups excluding carboxylic acids is 1. The van der Waals surface area contributed by atoms with Crippen LogP contribution in [0.5, 0.6) is 0 Å². The number of hydrogen-bond donors (Lipinski definition) is 2. The molecule has 0 bridgehead atoms. The summed E-state index contributed by atoms with van der Waals surface area (Å²) in [7, 11) is 0. The molecule has 1 fully saturated rings. The third-order valence-corrected chi connectivity index (χ3v) is 5.17. The summed E-state index contributed by atoms with van der Waals surface area (Å²) in [5, 5.41) is 11.7. The monoisotopic (exact) mass is 435 g/mol. The van der Waals surface area contributed by atoms with Gasteiger partial charge in [0.25, 0.3) is 5.91 Å². The highest BCUT2D eigenvalue weighted by molar-refractivity contribution is 6.06. The fourth-order valence-electron chi connectivity index (χ4n) is 3.65. The molecule has 0 radical (unpaired) electrons. The molecule has 3 aromatic rings. The van der Waals surface area contributed by atoms with Gasteiger partial charge in [0.15, 0.2) is 5.65 Å². The highest BCUT2D eigenvalue weighted by Crippen LogP contribution is 2.25. The van der Waals surface area contributed by atoms with E-state index in [-0.39, 0.29) is 30.7 Å². The number of nitrogens with one attached hydrogen (secondary N) is 2. The number of fused-ring (bicyclic) bond motifs is 1. The van der Waals surface area contributed by atoms with E-state index in [0.717, 1.165) is 41.8 Å². The quantitative estimate of drug-likeness (QED) is 0.640. The Bertz CT molecular complexity index is 939. The SMILES string of the molecule is CCn1ncc2c(C(=O)NCC3CCCNC3)cc(-c3ccccc3)nc21.Cl.Cl. The fraction of sp³-hybridized carbons (Fsp3) is 0.381. The second-order valence-electron chi connectivity index (χ2n) is 7.04. The maximum absolute atomic E-state index is 13.0. The van der Waals surface area contributed by atoms with Crippen LogP contribution in [0.1, 0.15) is 30.1 Å². The number of pyridine rings is 1. The fourth-order valence-corrected chi connectivity index (χ4v) is 3.65. The van der Waals surface area contributed by atoms with Gasteiger partial charge in [-0.1, -0.05) is 30.3 Å². The van der Waals surface area contributed by atoms with E-state index in [4.69, 9.17) is 4.98 Å². The molecule has 0 spiro atoms. The molecule has 2 N–H and O–H groups in total. The predicted octanol–water partition coefficient (Wildman–Crippen LogP) is 3.69. The molecule has 1 saturated heterocycles. The first-order valence-electron chi connectivity index (χ1n) is 9.67. The average Bonchev–Trinajstić information content (AvgIpc) is 3.16. The Morgan fingerprint density at radius 2 is 2.07 bits per heavy atom. The number of piperidine rings is 1. The van der Waals surface area contributed by atoms with Crippen LogP contribution in [0.15, 0.2) is 42.6 Å². The summed E-state index contributed by atoms with van der Waals surface area (Å²) in [4.78, 5) is 17.8. The number of halogens is 2. The van der Waals surface area contributed by atoms with Crippen molar-refractivity contribution in [2.24, 2.45) is 5.92 Å². The molecule has 0 aliphatic carbocycles. The molecule has 156 valence electrons. The number of aromatic nitrogens is 3. The van der Waals surface area contributed by atoms with E-state index in [2.05, 4.69) is 15.7 Å². The Hall–Kier alpha value is -2.15. The molecule has 1 aromatic carbocycles. The van der Waals surface area contributed by atoms with Crippen molar-refractivity contribution >= 4 is 41.8 Å². The van der Waals surface area contributed by atoms with Crippen LogP contribution in [0.4, 0.5) is 0 Å². The first kappa shape index (κ1) is 23.1. The van der Waals surface area contributed by atoms with Gasteiger partial charge < -0.3 is 10.6 Å². The van der Waals surface area contributed by atoms with Crippen LogP contribution in [0, 0.1) is 5.92 Å². The van der Waals surface area contributed by atoms with Gasteiger partial charge in [-0.15, -0.1) is 24.8 Å². The standard InChI is InChI=1S/C21H25N5O.2ClH/c1-2-26-20-18(14-24-26)17(11-19(25-20)16-8-4-3-5-9-16)21(27)23-13-15-7-6-10-22-12-15;;/h3-5,8-9,11,14-15,22H,2,6-7,10,12-13H2,1H3,(H,23,27);2*1H. The zero-order valence-corrected chi connectivity index (χ0v) is 18.1. The first-order chi connectivity index (χ1) is 13.3. The van der Waals surface area contributed by atoms with E-state index in [1.807, 2.05) is 48.0 Å². The van der Waals surface area contributed by atoms with Gasteiger partial charge in [0.05, 0.1) is 22.8 Å².